The Bertz CT molecular complexity index is 980. The van der Waals surface area contributed by atoms with E-state index in [-0.39, 0.29) is 18.2 Å². The Kier molecular flexibility index (Phi) is 5.86. The molecule has 0 fully saturated rings. The number of nitrogens with zero attached hydrogens (tertiary/aromatic N) is 1. The largest absolute Gasteiger partial charge is 0.474 e. The van der Waals surface area contributed by atoms with E-state index in [4.69, 9.17) is 16.3 Å². The highest BCUT2D eigenvalue weighted by Gasteiger charge is 2.45. The van der Waals surface area contributed by atoms with Gasteiger partial charge in [0.05, 0.1) is 18.0 Å². The summed E-state index contributed by atoms with van der Waals surface area (Å²) in [5.74, 6) is -0.210. The minimum atomic E-state index is -3.78. The van der Waals surface area contributed by atoms with Gasteiger partial charge in [0.25, 0.3) is 5.91 Å². The third kappa shape index (κ3) is 4.25. The number of nitrogens with one attached hydrogen (secondary N) is 1. The summed E-state index contributed by atoms with van der Waals surface area (Å²) in [5, 5.41) is 3.27. The second kappa shape index (κ2) is 8.01. The molecule has 2 aromatic carbocycles. The van der Waals surface area contributed by atoms with Crippen LogP contribution in [0.2, 0.25) is 5.02 Å². The fourth-order valence-corrected chi connectivity index (χ4v) is 4.95. The van der Waals surface area contributed by atoms with Crippen LogP contribution in [0.1, 0.15) is 25.8 Å². The number of para-hydroxylation sites is 2. The minimum absolute atomic E-state index is 0.109. The van der Waals surface area contributed by atoms with Crippen LogP contribution in [-0.2, 0) is 20.6 Å². The van der Waals surface area contributed by atoms with E-state index in [1.54, 1.807) is 55.5 Å². The Labute approximate surface area is 170 Å². The zero-order valence-electron chi connectivity index (χ0n) is 15.8. The van der Waals surface area contributed by atoms with Crippen molar-refractivity contribution in [2.45, 2.75) is 31.6 Å². The van der Waals surface area contributed by atoms with E-state index in [0.29, 0.717) is 28.6 Å². The average molecular weight is 423 g/mol. The number of amides is 1. The van der Waals surface area contributed by atoms with Gasteiger partial charge in [-0.3, -0.25) is 9.10 Å². The lowest BCUT2D eigenvalue weighted by molar-refractivity contribution is -0.135. The summed E-state index contributed by atoms with van der Waals surface area (Å²) < 4.78 is 33.7. The van der Waals surface area contributed by atoms with Crippen LogP contribution in [0.15, 0.2) is 48.5 Å². The van der Waals surface area contributed by atoms with Crippen molar-refractivity contribution < 1.29 is 17.9 Å². The highest BCUT2D eigenvalue weighted by molar-refractivity contribution is 7.92. The smallest absolute Gasteiger partial charge is 0.265 e. The van der Waals surface area contributed by atoms with Crippen LogP contribution in [-0.4, -0.2) is 33.0 Å². The number of rotatable bonds is 6. The monoisotopic (exact) mass is 422 g/mol. The van der Waals surface area contributed by atoms with Gasteiger partial charge in [-0.2, -0.15) is 0 Å². The molecule has 1 aliphatic heterocycles. The van der Waals surface area contributed by atoms with Gasteiger partial charge in [0.2, 0.25) is 15.6 Å². The van der Waals surface area contributed by atoms with E-state index in [9.17, 15) is 13.2 Å². The molecule has 0 aliphatic carbocycles. The third-order valence-corrected chi connectivity index (χ3v) is 6.43. The molecule has 2 aromatic rings. The van der Waals surface area contributed by atoms with Gasteiger partial charge in [0, 0.05) is 11.6 Å². The molecule has 1 unspecified atom stereocenters. The molecule has 0 radical (unpaired) electrons. The summed E-state index contributed by atoms with van der Waals surface area (Å²) in [5.41, 5.74) is -0.329. The van der Waals surface area contributed by atoms with Crippen molar-refractivity contribution in [1.29, 1.82) is 0 Å². The number of sulfonamides is 1. The predicted octanol–water partition coefficient (Wildman–Crippen LogP) is 3.35. The van der Waals surface area contributed by atoms with E-state index in [2.05, 4.69) is 5.32 Å². The molecular formula is C20H23ClN2O4S. The summed E-state index contributed by atoms with van der Waals surface area (Å²) in [6.07, 6.45) is 0.773. The number of anilines is 1. The molecule has 28 heavy (non-hydrogen) atoms. The second-order valence-corrected chi connectivity index (χ2v) is 9.28. The molecule has 3 rings (SSSR count). The summed E-state index contributed by atoms with van der Waals surface area (Å²) in [7, 11) is -3.78. The topological polar surface area (TPSA) is 75.7 Å². The van der Waals surface area contributed by atoms with Crippen LogP contribution in [0.5, 0.6) is 5.75 Å². The van der Waals surface area contributed by atoms with Crippen molar-refractivity contribution in [1.82, 2.24) is 5.32 Å². The molecule has 6 nitrogen and oxygen atoms in total. The normalized spacial score (nSPS) is 18.9. The van der Waals surface area contributed by atoms with Gasteiger partial charge < -0.3 is 10.1 Å². The first-order valence-electron chi connectivity index (χ1n) is 9.06. The third-order valence-electron chi connectivity index (χ3n) is 4.50. The fraction of sp³-hybridized carbons (Fsp3) is 0.350. The molecule has 150 valence electrons. The SMILES string of the molecule is CCCNC(=O)C1(C)CN(S(=O)(=O)Cc2cccc(Cl)c2)c2ccccc2O1. The molecule has 1 amide bonds. The number of carbonyl (C=O) groups excluding carboxylic acids is 1. The van der Waals surface area contributed by atoms with Crippen molar-refractivity contribution in [3.8, 4) is 5.75 Å². The number of ether oxygens (including phenoxy) is 1. The molecule has 1 heterocycles. The number of fused-ring (bicyclic) bond motifs is 1. The number of hydrogen-bond donors (Lipinski definition) is 1. The molecule has 0 spiro atoms. The Morgan fingerprint density at radius 1 is 1.25 bits per heavy atom. The lowest BCUT2D eigenvalue weighted by atomic mass is 10.0. The maximum absolute atomic E-state index is 13.2. The highest BCUT2D eigenvalue weighted by Crippen LogP contribution is 2.39. The van der Waals surface area contributed by atoms with E-state index < -0.39 is 15.6 Å². The van der Waals surface area contributed by atoms with E-state index >= 15 is 0 Å². The predicted molar refractivity (Wildman–Crippen MR) is 110 cm³/mol. The zero-order valence-corrected chi connectivity index (χ0v) is 17.4. The van der Waals surface area contributed by atoms with Gasteiger partial charge in [-0.05, 0) is 43.2 Å². The van der Waals surface area contributed by atoms with Crippen molar-refractivity contribution in [3.63, 3.8) is 0 Å². The molecule has 0 bridgehead atoms. The molecular weight excluding hydrogens is 400 g/mol. The lowest BCUT2D eigenvalue weighted by Gasteiger charge is -2.40. The van der Waals surface area contributed by atoms with Crippen LogP contribution in [0, 0.1) is 0 Å². The number of carbonyl (C=O) groups is 1. The number of benzene rings is 2. The first kappa shape index (κ1) is 20.5. The van der Waals surface area contributed by atoms with Crippen molar-refractivity contribution in [2.24, 2.45) is 0 Å². The highest BCUT2D eigenvalue weighted by atomic mass is 35.5. The molecule has 0 saturated heterocycles. The second-order valence-electron chi connectivity index (χ2n) is 6.95. The first-order chi connectivity index (χ1) is 13.2. The van der Waals surface area contributed by atoms with Gasteiger partial charge in [-0.1, -0.05) is 42.8 Å². The maximum Gasteiger partial charge on any atom is 0.265 e. The van der Waals surface area contributed by atoms with Crippen molar-refractivity contribution in [3.05, 3.63) is 59.1 Å². The van der Waals surface area contributed by atoms with Crippen LogP contribution in [0.3, 0.4) is 0 Å². The van der Waals surface area contributed by atoms with Crippen LogP contribution < -0.4 is 14.4 Å². The standard InChI is InChI=1S/C20H23ClN2O4S/c1-3-11-22-19(24)20(2)14-23(17-9-4-5-10-18(17)27-20)28(25,26)13-15-7-6-8-16(21)12-15/h4-10,12H,3,11,13-14H2,1-2H3,(H,22,24). The Morgan fingerprint density at radius 3 is 2.71 bits per heavy atom. The first-order valence-corrected chi connectivity index (χ1v) is 11.0. The average Bonchev–Trinajstić information content (AvgIpc) is 2.65. The quantitative estimate of drug-likeness (QED) is 0.774. The molecule has 8 heteroatoms. The van der Waals surface area contributed by atoms with Gasteiger partial charge >= 0.3 is 0 Å². The molecule has 1 atom stereocenters. The molecule has 1 aliphatic rings. The Hall–Kier alpha value is -2.25. The Balaban J connectivity index is 1.97. The van der Waals surface area contributed by atoms with Crippen LogP contribution in [0.4, 0.5) is 5.69 Å². The minimum Gasteiger partial charge on any atom is -0.474 e. The maximum atomic E-state index is 13.2. The molecule has 0 saturated carbocycles. The Morgan fingerprint density at radius 2 is 2.00 bits per heavy atom. The molecule has 1 N–H and O–H groups in total. The summed E-state index contributed by atoms with van der Waals surface area (Å²) in [4.78, 5) is 12.7. The number of halogens is 1. The van der Waals surface area contributed by atoms with Crippen molar-refractivity contribution >= 4 is 33.2 Å². The van der Waals surface area contributed by atoms with Gasteiger partial charge in [0.15, 0.2) is 0 Å². The number of hydrogen-bond acceptors (Lipinski definition) is 4. The van der Waals surface area contributed by atoms with Gasteiger partial charge in [-0.25, -0.2) is 8.42 Å². The summed E-state index contributed by atoms with van der Waals surface area (Å²) in [6, 6.07) is 13.6. The van der Waals surface area contributed by atoms with Crippen LogP contribution >= 0.6 is 11.6 Å². The lowest BCUT2D eigenvalue weighted by Crippen LogP contribution is -2.59. The van der Waals surface area contributed by atoms with Crippen LogP contribution in [0.25, 0.3) is 0 Å². The summed E-state index contributed by atoms with van der Waals surface area (Å²) in [6.45, 7) is 3.94. The van der Waals surface area contributed by atoms with E-state index in [1.165, 1.54) is 4.31 Å². The summed E-state index contributed by atoms with van der Waals surface area (Å²) >= 11 is 5.99. The van der Waals surface area contributed by atoms with E-state index in [0.717, 1.165) is 6.42 Å². The fourth-order valence-electron chi connectivity index (χ4n) is 3.09. The van der Waals surface area contributed by atoms with Gasteiger partial charge in [0.1, 0.15) is 5.75 Å². The van der Waals surface area contributed by atoms with Gasteiger partial charge in [-0.15, -0.1) is 0 Å². The van der Waals surface area contributed by atoms with Crippen molar-refractivity contribution in [2.75, 3.05) is 17.4 Å². The zero-order chi connectivity index (χ0) is 20.4. The molecule has 0 aromatic heterocycles. The van der Waals surface area contributed by atoms with E-state index in [1.807, 2.05) is 6.92 Å².